The number of piperidine rings is 1. The Morgan fingerprint density at radius 2 is 1.83 bits per heavy atom. The van der Waals surface area contributed by atoms with Crippen molar-refractivity contribution in [1.82, 2.24) is 14.9 Å². The number of hydrogen-bond acceptors (Lipinski definition) is 5. The number of alkyl halides is 3. The van der Waals surface area contributed by atoms with Gasteiger partial charge in [-0.15, -0.1) is 0 Å². The average Bonchev–Trinajstić information content (AvgIpc) is 2.68. The predicted molar refractivity (Wildman–Crippen MR) is 110 cm³/mol. The fourth-order valence-corrected chi connectivity index (χ4v) is 3.48. The first kappa shape index (κ1) is 21.9. The Bertz CT molecular complexity index is 826. The minimum atomic E-state index is -4.54. The Hall–Kier alpha value is -1.77. The summed E-state index contributed by atoms with van der Waals surface area (Å²) in [5.41, 5.74) is -0.370. The van der Waals surface area contributed by atoms with Gasteiger partial charge in [0.15, 0.2) is 0 Å². The quantitative estimate of drug-likeness (QED) is 0.522. The van der Waals surface area contributed by atoms with Gasteiger partial charge in [0.05, 0.1) is 10.0 Å². The number of likely N-dealkylation sites (tertiary alicyclic amines) is 1. The third-order valence-electron chi connectivity index (χ3n) is 4.66. The summed E-state index contributed by atoms with van der Waals surface area (Å²) in [6.45, 7) is 3.36. The molecule has 2 N–H and O–H groups in total. The van der Waals surface area contributed by atoms with E-state index in [1.807, 2.05) is 0 Å². The van der Waals surface area contributed by atoms with Crippen molar-refractivity contribution in [3.05, 3.63) is 40.0 Å². The zero-order valence-corrected chi connectivity index (χ0v) is 17.2. The molecule has 0 aliphatic carbocycles. The maximum atomic E-state index is 13.3. The van der Waals surface area contributed by atoms with Gasteiger partial charge in [0.1, 0.15) is 11.4 Å². The highest BCUT2D eigenvalue weighted by molar-refractivity contribution is 6.42. The molecule has 0 saturated carbocycles. The molecule has 0 amide bonds. The van der Waals surface area contributed by atoms with Crippen LogP contribution in [0, 0.1) is 0 Å². The zero-order chi connectivity index (χ0) is 20.9. The van der Waals surface area contributed by atoms with Crippen molar-refractivity contribution in [1.29, 1.82) is 0 Å². The molecule has 0 unspecified atom stereocenters. The molecular weight excluding hydrogens is 426 g/mol. The number of nitrogens with zero attached hydrogens (tertiary/aromatic N) is 3. The first-order valence-corrected chi connectivity index (χ1v) is 10.2. The molecule has 0 atom stereocenters. The fraction of sp³-hybridized carbons (Fsp3) is 0.474. The molecule has 5 nitrogen and oxygen atoms in total. The lowest BCUT2D eigenvalue weighted by Crippen LogP contribution is -2.31. The van der Waals surface area contributed by atoms with Crippen molar-refractivity contribution in [3.63, 3.8) is 0 Å². The van der Waals surface area contributed by atoms with Crippen LogP contribution in [-0.4, -0.2) is 41.0 Å². The molecule has 1 aromatic carbocycles. The molecule has 1 fully saturated rings. The van der Waals surface area contributed by atoms with Crippen molar-refractivity contribution in [3.8, 4) is 0 Å². The van der Waals surface area contributed by atoms with Crippen LogP contribution in [0.3, 0.4) is 0 Å². The lowest BCUT2D eigenvalue weighted by atomic mass is 10.1. The summed E-state index contributed by atoms with van der Waals surface area (Å²) in [7, 11) is 0. The minimum Gasteiger partial charge on any atom is -0.369 e. The number of rotatable bonds is 7. The van der Waals surface area contributed by atoms with Gasteiger partial charge in [-0.3, -0.25) is 0 Å². The monoisotopic (exact) mass is 447 g/mol. The smallest absolute Gasteiger partial charge is 0.369 e. The third-order valence-corrected chi connectivity index (χ3v) is 5.40. The van der Waals surface area contributed by atoms with E-state index in [0.29, 0.717) is 22.3 Å². The molecule has 0 spiro atoms. The number of halogens is 5. The highest BCUT2D eigenvalue weighted by Crippen LogP contribution is 2.34. The fourth-order valence-electron chi connectivity index (χ4n) is 3.18. The second-order valence-electron chi connectivity index (χ2n) is 6.89. The van der Waals surface area contributed by atoms with Crippen molar-refractivity contribution >= 4 is 40.7 Å². The van der Waals surface area contributed by atoms with Gasteiger partial charge < -0.3 is 15.5 Å². The number of aromatic nitrogens is 2. The summed E-state index contributed by atoms with van der Waals surface area (Å²) in [5, 5.41) is 6.37. The lowest BCUT2D eigenvalue weighted by molar-refractivity contribution is -0.137. The highest BCUT2D eigenvalue weighted by atomic mass is 35.5. The molecule has 1 saturated heterocycles. The predicted octanol–water partition coefficient (Wildman–Crippen LogP) is 5.83. The number of anilines is 3. The van der Waals surface area contributed by atoms with Crippen LogP contribution < -0.4 is 10.6 Å². The van der Waals surface area contributed by atoms with E-state index in [9.17, 15) is 13.2 Å². The Labute approximate surface area is 177 Å². The summed E-state index contributed by atoms with van der Waals surface area (Å²) in [5.74, 6) is -0.205. The Morgan fingerprint density at radius 3 is 2.52 bits per heavy atom. The Kier molecular flexibility index (Phi) is 7.43. The van der Waals surface area contributed by atoms with E-state index in [-0.39, 0.29) is 11.8 Å². The van der Waals surface area contributed by atoms with Crippen molar-refractivity contribution < 1.29 is 13.2 Å². The van der Waals surface area contributed by atoms with Crippen LogP contribution in [0.2, 0.25) is 10.0 Å². The van der Waals surface area contributed by atoms with Crippen LogP contribution >= 0.6 is 23.2 Å². The molecule has 3 rings (SSSR count). The van der Waals surface area contributed by atoms with Crippen LogP contribution in [0.25, 0.3) is 0 Å². The topological polar surface area (TPSA) is 53.1 Å². The molecule has 2 aromatic rings. The third kappa shape index (κ3) is 6.35. The summed E-state index contributed by atoms with van der Waals surface area (Å²) >= 11 is 11.8. The van der Waals surface area contributed by atoms with Crippen LogP contribution in [-0.2, 0) is 6.18 Å². The van der Waals surface area contributed by atoms with Crippen molar-refractivity contribution in [2.24, 2.45) is 0 Å². The van der Waals surface area contributed by atoms with Gasteiger partial charge in [-0.1, -0.05) is 29.6 Å². The summed E-state index contributed by atoms with van der Waals surface area (Å²) in [4.78, 5) is 10.2. The molecule has 10 heteroatoms. The number of hydrogen-bond donors (Lipinski definition) is 2. The molecule has 1 aliphatic heterocycles. The van der Waals surface area contributed by atoms with Gasteiger partial charge in [0.25, 0.3) is 0 Å². The van der Waals surface area contributed by atoms with Gasteiger partial charge in [-0.25, -0.2) is 4.98 Å². The molecular formula is C19H22Cl2F3N5. The van der Waals surface area contributed by atoms with E-state index in [2.05, 4.69) is 25.5 Å². The van der Waals surface area contributed by atoms with Crippen LogP contribution in [0.5, 0.6) is 0 Å². The highest BCUT2D eigenvalue weighted by Gasteiger charge is 2.35. The van der Waals surface area contributed by atoms with Gasteiger partial charge in [-0.05, 0) is 57.1 Å². The average molecular weight is 448 g/mol. The largest absolute Gasteiger partial charge is 0.421 e. The van der Waals surface area contributed by atoms with E-state index in [1.165, 1.54) is 19.3 Å². The first-order chi connectivity index (χ1) is 13.8. The maximum Gasteiger partial charge on any atom is 0.421 e. The van der Waals surface area contributed by atoms with Crippen molar-refractivity contribution in [2.45, 2.75) is 31.9 Å². The van der Waals surface area contributed by atoms with Crippen LogP contribution in [0.4, 0.5) is 30.6 Å². The zero-order valence-electron chi connectivity index (χ0n) is 15.7. The number of benzene rings is 1. The lowest BCUT2D eigenvalue weighted by Gasteiger charge is -2.26. The second kappa shape index (κ2) is 9.82. The van der Waals surface area contributed by atoms with E-state index in [4.69, 9.17) is 23.2 Å². The SMILES string of the molecule is FC(F)(F)c1cnc(Nc2ccc(Cl)c(Cl)c2)nc1NCCCN1CCCCC1. The Balaban J connectivity index is 1.67. The van der Waals surface area contributed by atoms with E-state index in [0.717, 1.165) is 32.3 Å². The molecule has 0 radical (unpaired) electrons. The summed E-state index contributed by atoms with van der Waals surface area (Å²) in [6.07, 6.45) is 0.579. The second-order valence-corrected chi connectivity index (χ2v) is 7.70. The standard InChI is InChI=1S/C19H22Cl2F3N5/c20-15-6-5-13(11-16(15)21)27-18-26-12-14(19(22,23)24)17(28-18)25-7-4-10-29-8-2-1-3-9-29/h5-6,11-12H,1-4,7-10H2,(H2,25,26,27,28). The molecule has 1 aromatic heterocycles. The molecule has 2 heterocycles. The van der Waals surface area contributed by atoms with Gasteiger partial charge in [0.2, 0.25) is 5.95 Å². The molecule has 0 bridgehead atoms. The number of nitrogens with one attached hydrogen (secondary N) is 2. The van der Waals surface area contributed by atoms with E-state index in [1.54, 1.807) is 18.2 Å². The minimum absolute atomic E-state index is 0.0370. The van der Waals surface area contributed by atoms with Crippen LogP contribution in [0.15, 0.2) is 24.4 Å². The van der Waals surface area contributed by atoms with Crippen LogP contribution in [0.1, 0.15) is 31.2 Å². The maximum absolute atomic E-state index is 13.3. The first-order valence-electron chi connectivity index (χ1n) is 9.45. The van der Waals surface area contributed by atoms with Crippen molar-refractivity contribution in [2.75, 3.05) is 36.8 Å². The van der Waals surface area contributed by atoms with Gasteiger partial charge >= 0.3 is 6.18 Å². The van der Waals surface area contributed by atoms with Gasteiger partial charge in [0, 0.05) is 18.4 Å². The van der Waals surface area contributed by atoms with E-state index < -0.39 is 11.7 Å². The molecule has 158 valence electrons. The normalized spacial score (nSPS) is 15.3. The molecule has 1 aliphatic rings. The van der Waals surface area contributed by atoms with Gasteiger partial charge in [-0.2, -0.15) is 18.2 Å². The summed E-state index contributed by atoms with van der Waals surface area (Å²) in [6, 6.07) is 4.77. The Morgan fingerprint density at radius 1 is 1.07 bits per heavy atom. The summed E-state index contributed by atoms with van der Waals surface area (Å²) < 4.78 is 40.0. The van der Waals surface area contributed by atoms with E-state index >= 15 is 0 Å². The molecule has 29 heavy (non-hydrogen) atoms.